The number of fused-ring (bicyclic) bond motifs is 1. The Bertz CT molecular complexity index is 688. The van der Waals surface area contributed by atoms with Gasteiger partial charge in [-0.15, -0.1) is 0 Å². The summed E-state index contributed by atoms with van der Waals surface area (Å²) in [6.07, 6.45) is -4.56. The zero-order valence-corrected chi connectivity index (χ0v) is 11.2. The molecule has 0 saturated heterocycles. The molecule has 1 heterocycles. The highest BCUT2D eigenvalue weighted by Gasteiger charge is 2.35. The first-order chi connectivity index (χ1) is 8.23. The minimum atomic E-state index is -4.56. The summed E-state index contributed by atoms with van der Waals surface area (Å²) in [5, 5.41) is 0.250. The number of aromatic amines is 1. The number of pyridine rings is 1. The Labute approximate surface area is 109 Å². The van der Waals surface area contributed by atoms with E-state index in [1.54, 1.807) is 19.1 Å². The number of H-pyrrole nitrogens is 1. The van der Waals surface area contributed by atoms with Crippen LogP contribution in [0.1, 0.15) is 16.8 Å². The number of hydrogen-bond donors (Lipinski definition) is 1. The van der Waals surface area contributed by atoms with Crippen LogP contribution in [-0.4, -0.2) is 4.98 Å². The summed E-state index contributed by atoms with van der Waals surface area (Å²) >= 11 is 3.19. The number of halogens is 4. The zero-order chi connectivity index (χ0) is 13.7. The molecule has 18 heavy (non-hydrogen) atoms. The fraction of sp³-hybridized carbons (Fsp3) is 0.250. The SMILES string of the molecule is Cc1c(C(F)(F)F)[nH]c2c(C)ccc(Br)c2c1=O. The van der Waals surface area contributed by atoms with Crippen LogP contribution in [0.3, 0.4) is 0 Å². The van der Waals surface area contributed by atoms with Crippen LogP contribution in [-0.2, 0) is 6.18 Å². The molecule has 0 amide bonds. The van der Waals surface area contributed by atoms with Crippen LogP contribution >= 0.6 is 15.9 Å². The second-order valence-corrected chi connectivity index (χ2v) is 4.92. The fourth-order valence-corrected chi connectivity index (χ4v) is 2.38. The van der Waals surface area contributed by atoms with Gasteiger partial charge < -0.3 is 4.98 Å². The lowest BCUT2D eigenvalue weighted by molar-refractivity contribution is -0.141. The highest BCUT2D eigenvalue weighted by atomic mass is 79.9. The molecule has 0 aliphatic carbocycles. The minimum Gasteiger partial charge on any atom is -0.350 e. The number of hydrogen-bond acceptors (Lipinski definition) is 1. The van der Waals surface area contributed by atoms with Gasteiger partial charge in [-0.05, 0) is 41.4 Å². The van der Waals surface area contributed by atoms with Crippen molar-refractivity contribution < 1.29 is 13.2 Å². The predicted molar refractivity (Wildman–Crippen MR) is 66.7 cm³/mol. The molecular formula is C12H9BrF3NO. The van der Waals surface area contributed by atoms with Crippen LogP contribution in [0.4, 0.5) is 13.2 Å². The third-order valence-electron chi connectivity index (χ3n) is 2.84. The lowest BCUT2D eigenvalue weighted by Crippen LogP contribution is -2.19. The molecule has 0 radical (unpaired) electrons. The molecule has 2 rings (SSSR count). The number of aromatic nitrogens is 1. The van der Waals surface area contributed by atoms with Crippen molar-refractivity contribution in [2.45, 2.75) is 20.0 Å². The van der Waals surface area contributed by atoms with E-state index in [-0.39, 0.29) is 16.5 Å². The second-order valence-electron chi connectivity index (χ2n) is 4.07. The monoisotopic (exact) mass is 319 g/mol. The van der Waals surface area contributed by atoms with E-state index in [0.29, 0.717) is 10.0 Å². The van der Waals surface area contributed by atoms with E-state index < -0.39 is 17.3 Å². The minimum absolute atomic E-state index is 0.215. The van der Waals surface area contributed by atoms with Gasteiger partial charge in [-0.25, -0.2) is 0 Å². The molecule has 1 aromatic carbocycles. The van der Waals surface area contributed by atoms with Gasteiger partial charge in [-0.2, -0.15) is 13.2 Å². The third-order valence-corrected chi connectivity index (χ3v) is 3.50. The molecule has 1 aromatic heterocycles. The summed E-state index contributed by atoms with van der Waals surface area (Å²) in [5.74, 6) is 0. The Hall–Kier alpha value is -1.30. The van der Waals surface area contributed by atoms with Gasteiger partial charge in [0.25, 0.3) is 0 Å². The molecule has 2 aromatic rings. The topological polar surface area (TPSA) is 32.9 Å². The Morgan fingerprint density at radius 3 is 2.39 bits per heavy atom. The van der Waals surface area contributed by atoms with E-state index in [9.17, 15) is 18.0 Å². The lowest BCUT2D eigenvalue weighted by Gasteiger charge is -2.13. The standard InChI is InChI=1S/C12H9BrF3NO/c1-5-3-4-7(13)8-9(5)17-11(12(14,15)16)6(2)10(8)18/h3-4H,1-2H3,(H,17,18). The Morgan fingerprint density at radius 2 is 1.83 bits per heavy atom. The van der Waals surface area contributed by atoms with Crippen LogP contribution in [0.2, 0.25) is 0 Å². The number of alkyl halides is 3. The van der Waals surface area contributed by atoms with Crippen LogP contribution in [0, 0.1) is 13.8 Å². The lowest BCUT2D eigenvalue weighted by atomic mass is 10.1. The molecule has 0 bridgehead atoms. The molecule has 0 atom stereocenters. The summed E-state index contributed by atoms with van der Waals surface area (Å²) in [4.78, 5) is 14.3. The molecule has 96 valence electrons. The quantitative estimate of drug-likeness (QED) is 0.784. The molecule has 2 nitrogen and oxygen atoms in total. The van der Waals surface area contributed by atoms with E-state index in [1.165, 1.54) is 6.92 Å². The zero-order valence-electron chi connectivity index (χ0n) is 9.57. The Balaban J connectivity index is 3.02. The molecule has 6 heteroatoms. The van der Waals surface area contributed by atoms with Crippen molar-refractivity contribution in [1.29, 1.82) is 0 Å². The summed E-state index contributed by atoms with van der Waals surface area (Å²) in [6.45, 7) is 2.83. The van der Waals surface area contributed by atoms with Crippen LogP contribution < -0.4 is 5.43 Å². The van der Waals surface area contributed by atoms with E-state index in [1.807, 2.05) is 0 Å². The second kappa shape index (κ2) is 4.12. The molecule has 1 N–H and O–H groups in total. The van der Waals surface area contributed by atoms with Crippen molar-refractivity contribution in [1.82, 2.24) is 4.98 Å². The van der Waals surface area contributed by atoms with Gasteiger partial charge in [-0.1, -0.05) is 6.07 Å². The maximum Gasteiger partial charge on any atom is 0.431 e. The van der Waals surface area contributed by atoms with Gasteiger partial charge in [0.1, 0.15) is 5.69 Å². The summed E-state index contributed by atoms with van der Waals surface area (Å²) in [7, 11) is 0. The average molecular weight is 320 g/mol. The van der Waals surface area contributed by atoms with Crippen LogP contribution in [0.15, 0.2) is 21.4 Å². The van der Waals surface area contributed by atoms with Gasteiger partial charge in [0, 0.05) is 10.0 Å². The smallest absolute Gasteiger partial charge is 0.350 e. The highest BCUT2D eigenvalue weighted by Crippen LogP contribution is 2.32. The summed E-state index contributed by atoms with van der Waals surface area (Å²) in [6, 6.07) is 3.30. The number of nitrogens with one attached hydrogen (secondary N) is 1. The first-order valence-corrected chi connectivity index (χ1v) is 5.91. The van der Waals surface area contributed by atoms with Crippen molar-refractivity contribution in [2.24, 2.45) is 0 Å². The molecule has 0 spiro atoms. The van der Waals surface area contributed by atoms with Gasteiger partial charge in [0.05, 0.1) is 10.9 Å². The largest absolute Gasteiger partial charge is 0.431 e. The number of benzene rings is 1. The molecule has 0 aliphatic rings. The Kier molecular flexibility index (Phi) is 3.01. The van der Waals surface area contributed by atoms with E-state index in [2.05, 4.69) is 20.9 Å². The molecule has 0 unspecified atom stereocenters. The van der Waals surface area contributed by atoms with Crippen molar-refractivity contribution >= 4 is 26.8 Å². The first kappa shape index (κ1) is 13.1. The van der Waals surface area contributed by atoms with Crippen molar-refractivity contribution in [3.63, 3.8) is 0 Å². The third kappa shape index (κ3) is 1.94. The summed E-state index contributed by atoms with van der Waals surface area (Å²) in [5.41, 5.74) is -1.10. The number of rotatable bonds is 0. The maximum atomic E-state index is 12.8. The normalized spacial score (nSPS) is 12.1. The van der Waals surface area contributed by atoms with E-state index in [0.717, 1.165) is 0 Å². The fourth-order valence-electron chi connectivity index (χ4n) is 1.87. The summed E-state index contributed by atoms with van der Waals surface area (Å²) < 4.78 is 38.9. The van der Waals surface area contributed by atoms with Gasteiger partial charge in [0.2, 0.25) is 0 Å². The molecular weight excluding hydrogens is 311 g/mol. The first-order valence-electron chi connectivity index (χ1n) is 5.12. The predicted octanol–water partition coefficient (Wildman–Crippen LogP) is 3.93. The molecule has 0 saturated carbocycles. The van der Waals surface area contributed by atoms with Crippen molar-refractivity contribution in [2.75, 3.05) is 0 Å². The average Bonchev–Trinajstić information content (AvgIpc) is 2.26. The van der Waals surface area contributed by atoms with E-state index in [4.69, 9.17) is 0 Å². The Morgan fingerprint density at radius 1 is 1.22 bits per heavy atom. The van der Waals surface area contributed by atoms with Gasteiger partial charge in [-0.3, -0.25) is 4.79 Å². The molecule has 0 aliphatic heterocycles. The van der Waals surface area contributed by atoms with Crippen LogP contribution in [0.25, 0.3) is 10.9 Å². The van der Waals surface area contributed by atoms with Crippen molar-refractivity contribution in [3.8, 4) is 0 Å². The van der Waals surface area contributed by atoms with Gasteiger partial charge in [0.15, 0.2) is 5.43 Å². The molecule has 0 fully saturated rings. The number of aryl methyl sites for hydroxylation is 1. The van der Waals surface area contributed by atoms with Gasteiger partial charge >= 0.3 is 6.18 Å². The maximum absolute atomic E-state index is 12.8. The van der Waals surface area contributed by atoms with Crippen molar-refractivity contribution in [3.05, 3.63) is 43.6 Å². The van der Waals surface area contributed by atoms with E-state index >= 15 is 0 Å². The highest BCUT2D eigenvalue weighted by molar-refractivity contribution is 9.10. The van der Waals surface area contributed by atoms with Crippen LogP contribution in [0.5, 0.6) is 0 Å².